The molecule has 0 atom stereocenters. The largest absolute Gasteiger partial charge is 0.459 e. The lowest BCUT2D eigenvalue weighted by Gasteiger charge is -2.34. The Kier molecular flexibility index (Phi) is 4.77. The third kappa shape index (κ3) is 3.68. The van der Waals surface area contributed by atoms with Crippen LogP contribution in [0, 0.1) is 5.92 Å². The van der Waals surface area contributed by atoms with Gasteiger partial charge in [-0.2, -0.15) is 0 Å². The lowest BCUT2D eigenvalue weighted by Crippen LogP contribution is -2.47. The number of hydrogen-bond acceptors (Lipinski definition) is 4. The zero-order valence-corrected chi connectivity index (χ0v) is 12.6. The second kappa shape index (κ2) is 6.96. The van der Waals surface area contributed by atoms with Gasteiger partial charge in [0, 0.05) is 38.3 Å². The lowest BCUT2D eigenvalue weighted by molar-refractivity contribution is -0.136. The van der Waals surface area contributed by atoms with E-state index in [0.29, 0.717) is 32.1 Å². The number of ether oxygens (including phenoxy) is 1. The Morgan fingerprint density at radius 1 is 1.23 bits per heavy atom. The summed E-state index contributed by atoms with van der Waals surface area (Å²) in [6.45, 7) is 2.40. The van der Waals surface area contributed by atoms with Crippen LogP contribution in [0.25, 0.3) is 0 Å². The number of carbonyl (C=O) groups excluding carboxylic acids is 2. The quantitative estimate of drug-likeness (QED) is 0.863. The van der Waals surface area contributed by atoms with Gasteiger partial charge in [0.05, 0.1) is 6.26 Å². The van der Waals surface area contributed by atoms with E-state index in [1.165, 1.54) is 6.26 Å². The molecule has 6 heteroatoms. The van der Waals surface area contributed by atoms with Gasteiger partial charge in [0.25, 0.3) is 5.91 Å². The van der Waals surface area contributed by atoms with E-state index in [2.05, 4.69) is 5.32 Å². The third-order valence-electron chi connectivity index (χ3n) is 4.22. The van der Waals surface area contributed by atoms with Crippen LogP contribution in [0.4, 0.5) is 0 Å². The van der Waals surface area contributed by atoms with Crippen molar-refractivity contribution < 1.29 is 18.7 Å². The van der Waals surface area contributed by atoms with Gasteiger partial charge in [0.2, 0.25) is 5.91 Å². The van der Waals surface area contributed by atoms with E-state index in [0.717, 1.165) is 25.7 Å². The van der Waals surface area contributed by atoms with Gasteiger partial charge in [-0.3, -0.25) is 9.59 Å². The van der Waals surface area contributed by atoms with Crippen LogP contribution in [0.15, 0.2) is 22.8 Å². The van der Waals surface area contributed by atoms with Crippen molar-refractivity contribution in [2.45, 2.75) is 31.7 Å². The van der Waals surface area contributed by atoms with Gasteiger partial charge in [0.1, 0.15) is 0 Å². The number of nitrogens with zero attached hydrogens (tertiary/aromatic N) is 1. The van der Waals surface area contributed by atoms with E-state index in [9.17, 15) is 9.59 Å². The molecule has 0 spiro atoms. The van der Waals surface area contributed by atoms with E-state index in [1.807, 2.05) is 4.90 Å². The molecule has 1 saturated heterocycles. The minimum Gasteiger partial charge on any atom is -0.459 e. The summed E-state index contributed by atoms with van der Waals surface area (Å²) in [6.07, 6.45) is 5.23. The highest BCUT2D eigenvalue weighted by molar-refractivity contribution is 5.91. The van der Waals surface area contributed by atoms with Crippen LogP contribution in [-0.4, -0.2) is 49.1 Å². The van der Waals surface area contributed by atoms with Crippen molar-refractivity contribution >= 4 is 11.8 Å². The highest BCUT2D eigenvalue weighted by atomic mass is 16.5. The summed E-state index contributed by atoms with van der Waals surface area (Å²) in [5, 5.41) is 2.81. The molecule has 0 aromatic carbocycles. The molecule has 6 nitrogen and oxygen atoms in total. The minimum atomic E-state index is -0.240. The molecule has 2 amide bonds. The number of furan rings is 1. The van der Waals surface area contributed by atoms with Crippen molar-refractivity contribution in [3.05, 3.63) is 24.2 Å². The van der Waals surface area contributed by atoms with Crippen LogP contribution >= 0.6 is 0 Å². The SMILES string of the molecule is O=C(NCCN(C(=O)C1CC1)C1CCOCC1)c1ccco1. The summed E-state index contributed by atoms with van der Waals surface area (Å²) in [7, 11) is 0. The summed E-state index contributed by atoms with van der Waals surface area (Å²) < 4.78 is 10.4. The first-order valence-corrected chi connectivity index (χ1v) is 7.95. The van der Waals surface area contributed by atoms with Gasteiger partial charge in [-0.15, -0.1) is 0 Å². The number of nitrogens with one attached hydrogen (secondary N) is 1. The number of carbonyl (C=O) groups is 2. The lowest BCUT2D eigenvalue weighted by atomic mass is 10.1. The van der Waals surface area contributed by atoms with Crippen molar-refractivity contribution in [1.29, 1.82) is 0 Å². The Morgan fingerprint density at radius 3 is 2.64 bits per heavy atom. The molecule has 0 radical (unpaired) electrons. The van der Waals surface area contributed by atoms with Crippen molar-refractivity contribution in [3.8, 4) is 0 Å². The number of amides is 2. The van der Waals surface area contributed by atoms with Crippen LogP contribution in [-0.2, 0) is 9.53 Å². The Hall–Kier alpha value is -1.82. The van der Waals surface area contributed by atoms with Gasteiger partial charge in [-0.05, 0) is 37.8 Å². The molecule has 1 saturated carbocycles. The van der Waals surface area contributed by atoms with Crippen molar-refractivity contribution in [3.63, 3.8) is 0 Å². The highest BCUT2D eigenvalue weighted by Gasteiger charge is 2.36. The summed E-state index contributed by atoms with van der Waals surface area (Å²) in [5.74, 6) is 0.490. The van der Waals surface area contributed by atoms with Crippen molar-refractivity contribution in [2.75, 3.05) is 26.3 Å². The van der Waals surface area contributed by atoms with Gasteiger partial charge in [0.15, 0.2) is 5.76 Å². The maximum Gasteiger partial charge on any atom is 0.287 e. The molecule has 1 N–H and O–H groups in total. The van der Waals surface area contributed by atoms with Crippen LogP contribution in [0.2, 0.25) is 0 Å². The molecule has 1 aromatic heterocycles. The number of hydrogen-bond donors (Lipinski definition) is 1. The molecule has 1 aromatic rings. The zero-order valence-electron chi connectivity index (χ0n) is 12.6. The molecule has 1 aliphatic heterocycles. The molecular formula is C16H22N2O4. The summed E-state index contributed by atoms with van der Waals surface area (Å²) >= 11 is 0. The van der Waals surface area contributed by atoms with E-state index >= 15 is 0 Å². The summed E-state index contributed by atoms with van der Waals surface area (Å²) in [4.78, 5) is 26.3. The first kappa shape index (κ1) is 15.1. The van der Waals surface area contributed by atoms with Gasteiger partial charge in [-0.1, -0.05) is 0 Å². The maximum atomic E-state index is 12.5. The zero-order chi connectivity index (χ0) is 15.4. The molecule has 22 heavy (non-hydrogen) atoms. The van der Waals surface area contributed by atoms with Crippen LogP contribution in [0.1, 0.15) is 36.2 Å². The first-order chi connectivity index (χ1) is 10.8. The topological polar surface area (TPSA) is 71.8 Å². The Balaban J connectivity index is 1.53. The second-order valence-electron chi connectivity index (χ2n) is 5.88. The smallest absolute Gasteiger partial charge is 0.287 e. The normalized spacial score (nSPS) is 18.9. The van der Waals surface area contributed by atoms with E-state index in [-0.39, 0.29) is 23.8 Å². The highest BCUT2D eigenvalue weighted by Crippen LogP contribution is 2.32. The fourth-order valence-electron chi connectivity index (χ4n) is 2.82. The van der Waals surface area contributed by atoms with Crippen molar-refractivity contribution in [2.24, 2.45) is 5.92 Å². The minimum absolute atomic E-state index is 0.198. The van der Waals surface area contributed by atoms with Crippen LogP contribution < -0.4 is 5.32 Å². The average Bonchev–Trinajstić information content (AvgIpc) is 3.26. The number of rotatable bonds is 6. The fraction of sp³-hybridized carbons (Fsp3) is 0.625. The molecule has 2 heterocycles. The predicted molar refractivity (Wildman–Crippen MR) is 79.3 cm³/mol. The molecule has 3 rings (SSSR count). The monoisotopic (exact) mass is 306 g/mol. The third-order valence-corrected chi connectivity index (χ3v) is 4.22. The Morgan fingerprint density at radius 2 is 2.00 bits per heavy atom. The maximum absolute atomic E-state index is 12.5. The fourth-order valence-corrected chi connectivity index (χ4v) is 2.82. The Labute approximate surface area is 129 Å². The van der Waals surface area contributed by atoms with E-state index in [4.69, 9.17) is 9.15 Å². The molecule has 2 aliphatic rings. The van der Waals surface area contributed by atoms with Gasteiger partial charge < -0.3 is 19.4 Å². The molecular weight excluding hydrogens is 284 g/mol. The van der Waals surface area contributed by atoms with Crippen molar-refractivity contribution in [1.82, 2.24) is 10.2 Å². The van der Waals surface area contributed by atoms with E-state index < -0.39 is 0 Å². The van der Waals surface area contributed by atoms with Crippen LogP contribution in [0.5, 0.6) is 0 Å². The Bertz CT molecular complexity index is 504. The molecule has 0 unspecified atom stereocenters. The van der Waals surface area contributed by atoms with Gasteiger partial charge in [-0.25, -0.2) is 0 Å². The summed E-state index contributed by atoms with van der Waals surface area (Å²) in [5.41, 5.74) is 0. The second-order valence-corrected chi connectivity index (χ2v) is 5.88. The van der Waals surface area contributed by atoms with Gasteiger partial charge >= 0.3 is 0 Å². The van der Waals surface area contributed by atoms with E-state index in [1.54, 1.807) is 12.1 Å². The predicted octanol–water partition coefficient (Wildman–Crippen LogP) is 1.43. The average molecular weight is 306 g/mol. The molecule has 2 fully saturated rings. The molecule has 1 aliphatic carbocycles. The molecule has 120 valence electrons. The molecule has 0 bridgehead atoms. The standard InChI is InChI=1S/C16H22N2O4/c19-15(14-2-1-9-22-14)17-7-8-18(16(20)12-3-4-12)13-5-10-21-11-6-13/h1-2,9,12-13H,3-8,10-11H2,(H,17,19). The first-order valence-electron chi connectivity index (χ1n) is 7.95. The van der Waals surface area contributed by atoms with Crippen LogP contribution in [0.3, 0.4) is 0 Å². The summed E-state index contributed by atoms with van der Waals surface area (Å²) in [6, 6.07) is 3.54.